The Morgan fingerprint density at radius 3 is 2.35 bits per heavy atom. The predicted molar refractivity (Wildman–Crippen MR) is 83.0 cm³/mol. The van der Waals surface area contributed by atoms with E-state index in [4.69, 9.17) is 9.47 Å². The summed E-state index contributed by atoms with van der Waals surface area (Å²) in [6.07, 6.45) is 0.825. The number of esters is 2. The monoisotopic (exact) mass is 343 g/mol. The van der Waals surface area contributed by atoms with Crippen molar-refractivity contribution in [2.24, 2.45) is 5.92 Å². The predicted octanol–water partition coefficient (Wildman–Crippen LogP) is -1.55. The second-order valence-corrected chi connectivity index (χ2v) is 5.48. The molecule has 1 aromatic rings. The first-order chi connectivity index (χ1) is 10.5. The Balaban J connectivity index is 0.00000484. The van der Waals surface area contributed by atoms with Crippen LogP contribution in [0.4, 0.5) is 0 Å². The molecular weight excluding hydrogens is 318 g/mol. The van der Waals surface area contributed by atoms with Gasteiger partial charge in [-0.3, -0.25) is 0 Å². The number of quaternary nitrogens is 1. The van der Waals surface area contributed by atoms with Gasteiger partial charge in [-0.25, -0.2) is 9.59 Å². The van der Waals surface area contributed by atoms with E-state index in [1.807, 2.05) is 30.3 Å². The van der Waals surface area contributed by atoms with Crippen molar-refractivity contribution in [1.82, 2.24) is 0 Å². The molecule has 1 unspecified atom stereocenters. The van der Waals surface area contributed by atoms with Gasteiger partial charge in [-0.05, 0) is 19.3 Å². The lowest BCUT2D eigenvalue weighted by Crippen LogP contribution is -3.00. The highest BCUT2D eigenvalue weighted by Crippen LogP contribution is 2.11. The molecule has 1 atom stereocenters. The first-order valence-electron chi connectivity index (χ1n) is 7.75. The van der Waals surface area contributed by atoms with Crippen LogP contribution < -0.4 is 17.7 Å². The van der Waals surface area contributed by atoms with E-state index in [-0.39, 0.29) is 30.9 Å². The number of carbonyl (C=O) groups excluding carboxylic acids is 2. The number of halogens is 1. The Bertz CT molecular complexity index is 465. The molecule has 0 aliphatic carbocycles. The third kappa shape index (κ3) is 8.57. The minimum absolute atomic E-state index is 0. The highest BCUT2D eigenvalue weighted by molar-refractivity contribution is 5.76. The molecule has 0 aromatic heterocycles. The van der Waals surface area contributed by atoms with Gasteiger partial charge in [0.15, 0.2) is 6.54 Å². The minimum atomic E-state index is -0.544. The van der Waals surface area contributed by atoms with Crippen molar-refractivity contribution in [3.05, 3.63) is 35.9 Å². The molecule has 0 saturated carbocycles. The van der Waals surface area contributed by atoms with Crippen molar-refractivity contribution in [2.45, 2.75) is 33.2 Å². The van der Waals surface area contributed by atoms with Gasteiger partial charge in [0.2, 0.25) is 6.04 Å². The number of rotatable bonds is 9. The van der Waals surface area contributed by atoms with Crippen molar-refractivity contribution < 1.29 is 36.8 Å². The number of nitrogens with two attached hydrogens (primary N) is 1. The largest absolute Gasteiger partial charge is 1.00 e. The van der Waals surface area contributed by atoms with Gasteiger partial charge in [-0.2, -0.15) is 0 Å². The van der Waals surface area contributed by atoms with Crippen LogP contribution in [0, 0.1) is 5.92 Å². The number of benzene rings is 1. The number of carbonyl (C=O) groups is 2. The summed E-state index contributed by atoms with van der Waals surface area (Å²) in [4.78, 5) is 23.8. The number of ether oxygens (including phenoxy) is 2. The van der Waals surface area contributed by atoms with Crippen LogP contribution in [0.5, 0.6) is 0 Å². The molecule has 0 aliphatic heterocycles. The van der Waals surface area contributed by atoms with Gasteiger partial charge in [0, 0.05) is 5.56 Å². The molecule has 23 heavy (non-hydrogen) atoms. The molecular formula is C17H26ClNO4. The van der Waals surface area contributed by atoms with Crippen LogP contribution in [0.2, 0.25) is 0 Å². The molecule has 0 radical (unpaired) electrons. The Morgan fingerprint density at radius 2 is 1.78 bits per heavy atom. The zero-order valence-electron chi connectivity index (χ0n) is 14.0. The summed E-state index contributed by atoms with van der Waals surface area (Å²) in [5.74, 6) is -0.180. The molecule has 0 saturated heterocycles. The van der Waals surface area contributed by atoms with Gasteiger partial charge in [0.1, 0.15) is 0 Å². The summed E-state index contributed by atoms with van der Waals surface area (Å²) in [5.41, 5.74) is 0.821. The van der Waals surface area contributed by atoms with Crippen LogP contribution in [0.3, 0.4) is 0 Å². The molecule has 0 heterocycles. The standard InChI is InChI=1S/C17H25NO4.ClH/c1-4-21-15(19)12-18-16(14-8-6-5-7-9-14)17(20)22-11-10-13(2)3;/h5-9,13,16,18H,4,10-12H2,1-3H3;1H. The van der Waals surface area contributed by atoms with Crippen LogP contribution in [0.1, 0.15) is 38.8 Å². The fraction of sp³-hybridized carbons (Fsp3) is 0.529. The highest BCUT2D eigenvalue weighted by atomic mass is 35.5. The quantitative estimate of drug-likeness (QED) is 0.551. The average molecular weight is 344 g/mol. The summed E-state index contributed by atoms with van der Waals surface area (Å²) in [5, 5.41) is 1.66. The Hall–Kier alpha value is -1.59. The van der Waals surface area contributed by atoms with Crippen LogP contribution in [0.25, 0.3) is 0 Å². The lowest BCUT2D eigenvalue weighted by atomic mass is 10.1. The van der Waals surface area contributed by atoms with E-state index in [1.54, 1.807) is 12.2 Å². The SMILES string of the molecule is CCOC(=O)C[NH2+]C(C(=O)OCCC(C)C)c1ccccc1.[Cl-]. The molecule has 0 spiro atoms. The van der Waals surface area contributed by atoms with Crippen molar-refractivity contribution in [2.75, 3.05) is 19.8 Å². The third-order valence-electron chi connectivity index (χ3n) is 3.18. The zero-order valence-corrected chi connectivity index (χ0v) is 14.7. The van der Waals surface area contributed by atoms with Crippen molar-refractivity contribution in [3.63, 3.8) is 0 Å². The molecule has 0 bridgehead atoms. The minimum Gasteiger partial charge on any atom is -1.00 e. The molecule has 1 aromatic carbocycles. The molecule has 130 valence electrons. The van der Waals surface area contributed by atoms with Gasteiger partial charge in [-0.15, -0.1) is 0 Å². The van der Waals surface area contributed by atoms with Crippen molar-refractivity contribution >= 4 is 11.9 Å². The maximum atomic E-state index is 12.3. The third-order valence-corrected chi connectivity index (χ3v) is 3.18. The Labute approximate surface area is 144 Å². The smallest absolute Gasteiger partial charge is 0.369 e. The highest BCUT2D eigenvalue weighted by Gasteiger charge is 2.26. The molecule has 0 fully saturated rings. The maximum absolute atomic E-state index is 12.3. The van der Waals surface area contributed by atoms with E-state index < -0.39 is 6.04 Å². The lowest BCUT2D eigenvalue weighted by Gasteiger charge is -2.15. The van der Waals surface area contributed by atoms with E-state index >= 15 is 0 Å². The van der Waals surface area contributed by atoms with E-state index in [0.717, 1.165) is 12.0 Å². The lowest BCUT2D eigenvalue weighted by molar-refractivity contribution is -0.675. The van der Waals surface area contributed by atoms with E-state index in [0.29, 0.717) is 19.1 Å². The zero-order chi connectivity index (χ0) is 16.4. The first kappa shape index (κ1) is 21.4. The van der Waals surface area contributed by atoms with Crippen LogP contribution >= 0.6 is 0 Å². The topological polar surface area (TPSA) is 69.2 Å². The summed E-state index contributed by atoms with van der Waals surface area (Å²) in [6.45, 7) is 6.73. The summed E-state index contributed by atoms with van der Waals surface area (Å²) in [7, 11) is 0. The van der Waals surface area contributed by atoms with Gasteiger partial charge in [0.05, 0.1) is 13.2 Å². The molecule has 0 aliphatic rings. The fourth-order valence-electron chi connectivity index (χ4n) is 1.95. The summed E-state index contributed by atoms with van der Waals surface area (Å²) >= 11 is 0. The van der Waals surface area contributed by atoms with Crippen molar-refractivity contribution in [1.29, 1.82) is 0 Å². The van der Waals surface area contributed by atoms with E-state index in [1.165, 1.54) is 0 Å². The van der Waals surface area contributed by atoms with Crippen molar-refractivity contribution in [3.8, 4) is 0 Å². The normalized spacial score (nSPS) is 11.5. The Morgan fingerprint density at radius 1 is 1.13 bits per heavy atom. The van der Waals surface area contributed by atoms with E-state index in [9.17, 15) is 9.59 Å². The molecule has 0 amide bonds. The second kappa shape index (κ2) is 11.9. The summed E-state index contributed by atoms with van der Waals surface area (Å²) < 4.78 is 10.2. The second-order valence-electron chi connectivity index (χ2n) is 5.48. The van der Waals surface area contributed by atoms with Gasteiger partial charge in [0.25, 0.3) is 0 Å². The van der Waals surface area contributed by atoms with Crippen LogP contribution in [-0.4, -0.2) is 31.7 Å². The van der Waals surface area contributed by atoms with E-state index in [2.05, 4.69) is 13.8 Å². The molecule has 5 nitrogen and oxygen atoms in total. The number of hydrogen-bond acceptors (Lipinski definition) is 4. The van der Waals surface area contributed by atoms with Crippen LogP contribution in [0.15, 0.2) is 30.3 Å². The summed E-state index contributed by atoms with van der Waals surface area (Å²) in [6, 6.07) is 8.78. The van der Waals surface area contributed by atoms with Gasteiger partial charge in [-0.1, -0.05) is 44.2 Å². The average Bonchev–Trinajstić information content (AvgIpc) is 2.48. The van der Waals surface area contributed by atoms with Gasteiger partial charge >= 0.3 is 11.9 Å². The van der Waals surface area contributed by atoms with Gasteiger partial charge < -0.3 is 27.2 Å². The first-order valence-corrected chi connectivity index (χ1v) is 7.75. The number of hydrogen-bond donors (Lipinski definition) is 1. The maximum Gasteiger partial charge on any atom is 0.369 e. The molecule has 2 N–H and O–H groups in total. The fourth-order valence-corrected chi connectivity index (χ4v) is 1.95. The molecule has 6 heteroatoms. The Kier molecular flexibility index (Phi) is 11.1. The van der Waals surface area contributed by atoms with Crippen LogP contribution in [-0.2, 0) is 19.1 Å². The molecule has 1 rings (SSSR count).